The Morgan fingerprint density at radius 3 is 2.68 bits per heavy atom. The topological polar surface area (TPSA) is 34.5 Å². The Labute approximate surface area is 112 Å². The summed E-state index contributed by atoms with van der Waals surface area (Å²) in [5.41, 5.74) is 3.06. The number of aliphatic imine (C=N–C) groups is 1. The molecule has 1 aromatic heterocycles. The summed E-state index contributed by atoms with van der Waals surface area (Å²) >= 11 is 0. The summed E-state index contributed by atoms with van der Waals surface area (Å²) in [5.74, 6) is 1.44. The summed E-state index contributed by atoms with van der Waals surface area (Å²) in [5, 5.41) is 0. The molecule has 2 aromatic rings. The van der Waals surface area contributed by atoms with Gasteiger partial charge in [0.15, 0.2) is 0 Å². The smallest absolute Gasteiger partial charge is 0.241 e. The predicted molar refractivity (Wildman–Crippen MR) is 75.9 cm³/mol. The van der Waals surface area contributed by atoms with Gasteiger partial charge in [0, 0.05) is 11.8 Å². The van der Waals surface area contributed by atoms with Gasteiger partial charge in [-0.15, -0.1) is 0 Å². The van der Waals surface area contributed by atoms with E-state index < -0.39 is 0 Å². The largest absolute Gasteiger partial charge is 0.437 e. The average Bonchev–Trinajstić information content (AvgIpc) is 2.49. The van der Waals surface area contributed by atoms with Crippen LogP contribution < -0.4 is 0 Å². The van der Waals surface area contributed by atoms with E-state index in [0.29, 0.717) is 12.4 Å². The van der Waals surface area contributed by atoms with Crippen LogP contribution in [0.4, 0.5) is 0 Å². The summed E-state index contributed by atoms with van der Waals surface area (Å²) in [6, 6.07) is 13.9. The monoisotopic (exact) mass is 250 g/mol. The minimum atomic E-state index is 0.585. The highest BCUT2D eigenvalue weighted by Crippen LogP contribution is 2.23. The summed E-state index contributed by atoms with van der Waals surface area (Å²) in [7, 11) is 0. The molecular formula is C16H14N2O. The van der Waals surface area contributed by atoms with Crippen LogP contribution >= 0.6 is 0 Å². The van der Waals surface area contributed by atoms with Gasteiger partial charge in [-0.25, -0.2) is 4.99 Å². The van der Waals surface area contributed by atoms with E-state index in [0.717, 1.165) is 17.0 Å². The van der Waals surface area contributed by atoms with Crippen molar-refractivity contribution in [1.82, 2.24) is 4.98 Å². The summed E-state index contributed by atoms with van der Waals surface area (Å²) < 4.78 is 5.89. The molecule has 0 atom stereocenters. The van der Waals surface area contributed by atoms with Crippen molar-refractivity contribution < 1.29 is 4.74 Å². The van der Waals surface area contributed by atoms with Crippen molar-refractivity contribution >= 4 is 11.7 Å². The molecule has 0 radical (unpaired) electrons. The normalized spacial score (nSPS) is 14.4. The van der Waals surface area contributed by atoms with E-state index in [-0.39, 0.29) is 0 Å². The van der Waals surface area contributed by atoms with E-state index in [1.54, 1.807) is 6.20 Å². The molecule has 0 fully saturated rings. The Morgan fingerprint density at radius 2 is 1.89 bits per heavy atom. The molecule has 1 aliphatic rings. The summed E-state index contributed by atoms with van der Waals surface area (Å²) in [6.45, 7) is 2.70. The van der Waals surface area contributed by atoms with Gasteiger partial charge in [-0.3, -0.25) is 4.98 Å². The first-order valence-corrected chi connectivity index (χ1v) is 6.24. The van der Waals surface area contributed by atoms with Crippen LogP contribution in [0.25, 0.3) is 5.76 Å². The number of nitrogens with zero attached hydrogens (tertiary/aromatic N) is 2. The molecule has 0 amide bonds. The predicted octanol–water partition coefficient (Wildman–Crippen LogP) is 3.21. The summed E-state index contributed by atoms with van der Waals surface area (Å²) in [4.78, 5) is 8.63. The zero-order valence-corrected chi connectivity index (χ0v) is 10.7. The first-order chi connectivity index (χ1) is 9.34. The highest BCUT2D eigenvalue weighted by atomic mass is 16.5. The number of hydrogen-bond acceptors (Lipinski definition) is 3. The van der Waals surface area contributed by atoms with Crippen LogP contribution in [0.5, 0.6) is 0 Å². The number of pyridine rings is 1. The standard InChI is InChI=1S/C16H14N2O/c1-12-6-2-3-7-13(12)15-9-11-18-16(19-15)14-8-4-5-10-17-14/h2-10H,11H2,1H3. The summed E-state index contributed by atoms with van der Waals surface area (Å²) in [6.07, 6.45) is 3.74. The molecule has 1 aromatic carbocycles. The zero-order chi connectivity index (χ0) is 13.1. The maximum absolute atomic E-state index is 5.89. The molecule has 3 nitrogen and oxygen atoms in total. The lowest BCUT2D eigenvalue weighted by atomic mass is 10.1. The second kappa shape index (κ2) is 5.06. The van der Waals surface area contributed by atoms with Gasteiger partial charge >= 0.3 is 0 Å². The van der Waals surface area contributed by atoms with E-state index in [2.05, 4.69) is 29.0 Å². The van der Waals surface area contributed by atoms with Crippen LogP contribution in [-0.2, 0) is 4.74 Å². The molecule has 19 heavy (non-hydrogen) atoms. The molecule has 0 aliphatic carbocycles. The quantitative estimate of drug-likeness (QED) is 0.820. The number of ether oxygens (including phenoxy) is 1. The van der Waals surface area contributed by atoms with E-state index in [9.17, 15) is 0 Å². The van der Waals surface area contributed by atoms with Gasteiger partial charge in [0.05, 0.1) is 6.54 Å². The van der Waals surface area contributed by atoms with Gasteiger partial charge < -0.3 is 4.74 Å². The maximum Gasteiger partial charge on any atom is 0.241 e. The van der Waals surface area contributed by atoms with Crippen LogP contribution in [0, 0.1) is 6.92 Å². The molecule has 0 saturated carbocycles. The zero-order valence-electron chi connectivity index (χ0n) is 10.7. The van der Waals surface area contributed by atoms with Crippen molar-refractivity contribution in [3.05, 3.63) is 71.6 Å². The van der Waals surface area contributed by atoms with Gasteiger partial charge in [-0.2, -0.15) is 0 Å². The lowest BCUT2D eigenvalue weighted by Crippen LogP contribution is -2.13. The van der Waals surface area contributed by atoms with Crippen molar-refractivity contribution in [3.8, 4) is 0 Å². The van der Waals surface area contributed by atoms with Gasteiger partial charge in [0.25, 0.3) is 0 Å². The first-order valence-electron chi connectivity index (χ1n) is 6.24. The molecule has 0 unspecified atom stereocenters. The third kappa shape index (κ3) is 2.40. The first kappa shape index (κ1) is 11.7. The van der Waals surface area contributed by atoms with E-state index in [4.69, 9.17) is 4.74 Å². The molecule has 2 heterocycles. The van der Waals surface area contributed by atoms with Crippen LogP contribution in [0.2, 0.25) is 0 Å². The SMILES string of the molecule is Cc1ccccc1C1=CCN=C(c2ccccn2)O1. The molecule has 94 valence electrons. The second-order valence-corrected chi connectivity index (χ2v) is 4.35. The third-order valence-electron chi connectivity index (χ3n) is 3.01. The minimum Gasteiger partial charge on any atom is -0.437 e. The fourth-order valence-corrected chi connectivity index (χ4v) is 2.03. The molecule has 3 rings (SSSR count). The van der Waals surface area contributed by atoms with Crippen LogP contribution in [-0.4, -0.2) is 17.4 Å². The Hall–Kier alpha value is -2.42. The minimum absolute atomic E-state index is 0.585. The third-order valence-corrected chi connectivity index (χ3v) is 3.01. The number of benzene rings is 1. The van der Waals surface area contributed by atoms with Gasteiger partial charge in [0.2, 0.25) is 5.90 Å². The van der Waals surface area contributed by atoms with Crippen LogP contribution in [0.15, 0.2) is 59.7 Å². The van der Waals surface area contributed by atoms with E-state index in [1.165, 1.54) is 5.56 Å². The fourth-order valence-electron chi connectivity index (χ4n) is 2.03. The van der Waals surface area contributed by atoms with Crippen LogP contribution in [0.3, 0.4) is 0 Å². The van der Waals surface area contributed by atoms with Crippen molar-refractivity contribution in [2.75, 3.05) is 6.54 Å². The number of aromatic nitrogens is 1. The van der Waals surface area contributed by atoms with Gasteiger partial charge in [0.1, 0.15) is 11.5 Å². The molecule has 0 saturated heterocycles. The molecule has 0 N–H and O–H groups in total. The average molecular weight is 250 g/mol. The second-order valence-electron chi connectivity index (χ2n) is 4.35. The van der Waals surface area contributed by atoms with E-state index in [1.807, 2.05) is 36.4 Å². The number of rotatable bonds is 2. The fraction of sp³-hybridized carbons (Fsp3) is 0.125. The maximum atomic E-state index is 5.89. The van der Waals surface area contributed by atoms with Crippen molar-refractivity contribution in [2.45, 2.75) is 6.92 Å². The Balaban J connectivity index is 1.89. The Kier molecular flexibility index (Phi) is 3.11. The Bertz CT molecular complexity index is 645. The number of hydrogen-bond donors (Lipinski definition) is 0. The molecular weight excluding hydrogens is 236 g/mol. The molecule has 1 aliphatic heterocycles. The van der Waals surface area contributed by atoms with Crippen molar-refractivity contribution in [2.24, 2.45) is 4.99 Å². The Morgan fingerprint density at radius 1 is 1.05 bits per heavy atom. The highest BCUT2D eigenvalue weighted by molar-refractivity contribution is 5.96. The lowest BCUT2D eigenvalue weighted by Gasteiger charge is -2.17. The van der Waals surface area contributed by atoms with Crippen LogP contribution in [0.1, 0.15) is 16.8 Å². The molecule has 0 spiro atoms. The van der Waals surface area contributed by atoms with E-state index >= 15 is 0 Å². The molecule has 3 heteroatoms. The lowest BCUT2D eigenvalue weighted by molar-refractivity contribution is 0.494. The van der Waals surface area contributed by atoms with Gasteiger partial charge in [-0.1, -0.05) is 30.3 Å². The van der Waals surface area contributed by atoms with Crippen molar-refractivity contribution in [1.29, 1.82) is 0 Å². The highest BCUT2D eigenvalue weighted by Gasteiger charge is 2.15. The van der Waals surface area contributed by atoms with Crippen molar-refractivity contribution in [3.63, 3.8) is 0 Å². The number of aryl methyl sites for hydroxylation is 1. The van der Waals surface area contributed by atoms with Gasteiger partial charge in [-0.05, 0) is 30.7 Å². The molecule has 0 bridgehead atoms.